The second kappa shape index (κ2) is 4.57. The highest BCUT2D eigenvalue weighted by atomic mass is 32.1. The Balaban J connectivity index is 1.82. The third-order valence-corrected chi connectivity index (χ3v) is 5.09. The van der Waals surface area contributed by atoms with E-state index in [2.05, 4.69) is 16.4 Å². The van der Waals surface area contributed by atoms with E-state index < -0.39 is 0 Å². The molecule has 3 heterocycles. The average Bonchev–Trinajstić information content (AvgIpc) is 3.13. The van der Waals surface area contributed by atoms with Gasteiger partial charge in [-0.15, -0.1) is 0 Å². The summed E-state index contributed by atoms with van der Waals surface area (Å²) in [5, 5.41) is 13.0. The maximum absolute atomic E-state index is 12.1. The molecule has 2 amide bonds. The highest BCUT2D eigenvalue weighted by Crippen LogP contribution is 2.40. The van der Waals surface area contributed by atoms with Crippen LogP contribution < -0.4 is 15.0 Å². The number of ether oxygens (including phenoxy) is 1. The molecule has 4 rings (SSSR count). The van der Waals surface area contributed by atoms with Gasteiger partial charge in [0.2, 0.25) is 0 Å². The molecular weight excluding hydrogens is 290 g/mol. The van der Waals surface area contributed by atoms with Crippen LogP contribution in [0.2, 0.25) is 0 Å². The van der Waals surface area contributed by atoms with Crippen LogP contribution in [0.15, 0.2) is 12.1 Å². The molecule has 0 bridgehead atoms. The Bertz CT molecular complexity index is 730. The molecule has 0 saturated carbocycles. The minimum Gasteiger partial charge on any atom is -0.491 e. The molecule has 0 spiro atoms. The largest absolute Gasteiger partial charge is 0.491 e. The molecule has 21 heavy (non-hydrogen) atoms. The summed E-state index contributed by atoms with van der Waals surface area (Å²) in [6.45, 7) is 2.47. The Morgan fingerprint density at radius 2 is 2.43 bits per heavy atom. The van der Waals surface area contributed by atoms with Crippen LogP contribution in [0.25, 0.3) is 10.2 Å². The van der Waals surface area contributed by atoms with E-state index in [-0.39, 0.29) is 24.7 Å². The van der Waals surface area contributed by atoms with Gasteiger partial charge in [0.25, 0.3) is 0 Å². The standard InChI is InChI=1S/C14H15N3O3S/c1-7-9(6-18)17(13(19)15-7)14-16-11-10(21-14)3-2-8-4-5-20-12(8)11/h2-3,7,9,18H,4-6H2,1H3,(H,15,19)/t7-,9+/m0/s1. The van der Waals surface area contributed by atoms with E-state index in [1.54, 1.807) is 4.90 Å². The minimum absolute atomic E-state index is 0.0928. The van der Waals surface area contributed by atoms with E-state index in [1.807, 2.05) is 13.0 Å². The number of carbonyl (C=O) groups excluding carboxylic acids is 1. The summed E-state index contributed by atoms with van der Waals surface area (Å²) in [5.41, 5.74) is 1.98. The Hall–Kier alpha value is -1.86. The van der Waals surface area contributed by atoms with Crippen molar-refractivity contribution in [2.24, 2.45) is 0 Å². The lowest BCUT2D eigenvalue weighted by molar-refractivity contribution is 0.247. The van der Waals surface area contributed by atoms with Crippen LogP contribution in [0.5, 0.6) is 5.75 Å². The molecule has 2 atom stereocenters. The van der Waals surface area contributed by atoms with Crippen LogP contribution >= 0.6 is 11.3 Å². The molecule has 7 heteroatoms. The first kappa shape index (κ1) is 12.8. The first-order chi connectivity index (χ1) is 10.2. The number of anilines is 1. The second-order valence-corrected chi connectivity index (χ2v) is 6.36. The first-order valence-corrected chi connectivity index (χ1v) is 7.76. The number of aromatic nitrogens is 1. The van der Waals surface area contributed by atoms with E-state index in [0.717, 1.165) is 28.0 Å². The zero-order valence-corrected chi connectivity index (χ0v) is 12.3. The number of amides is 2. The molecule has 1 aromatic carbocycles. The molecule has 1 saturated heterocycles. The maximum Gasteiger partial charge on any atom is 0.324 e. The van der Waals surface area contributed by atoms with Crippen molar-refractivity contribution in [3.05, 3.63) is 17.7 Å². The number of nitrogens with one attached hydrogen (secondary N) is 1. The van der Waals surface area contributed by atoms with Gasteiger partial charge in [0.05, 0.1) is 30.0 Å². The van der Waals surface area contributed by atoms with Crippen LogP contribution in [0.1, 0.15) is 12.5 Å². The third-order valence-electron chi connectivity index (χ3n) is 4.07. The van der Waals surface area contributed by atoms with Crippen LogP contribution in [0, 0.1) is 0 Å². The van der Waals surface area contributed by atoms with Crippen molar-refractivity contribution in [1.29, 1.82) is 0 Å². The van der Waals surface area contributed by atoms with E-state index in [0.29, 0.717) is 11.7 Å². The number of nitrogens with zero attached hydrogens (tertiary/aromatic N) is 2. The topological polar surface area (TPSA) is 74.7 Å². The molecule has 1 fully saturated rings. The average molecular weight is 305 g/mol. The molecular formula is C14H15N3O3S. The van der Waals surface area contributed by atoms with Crippen molar-refractivity contribution in [3.63, 3.8) is 0 Å². The predicted molar refractivity (Wildman–Crippen MR) is 80.2 cm³/mol. The lowest BCUT2D eigenvalue weighted by atomic mass is 10.1. The van der Waals surface area contributed by atoms with E-state index in [9.17, 15) is 9.90 Å². The van der Waals surface area contributed by atoms with Crippen molar-refractivity contribution in [1.82, 2.24) is 10.3 Å². The van der Waals surface area contributed by atoms with Crippen molar-refractivity contribution in [2.75, 3.05) is 18.1 Å². The normalized spacial score (nSPS) is 24.3. The summed E-state index contributed by atoms with van der Waals surface area (Å²) in [6.07, 6.45) is 0.901. The summed E-state index contributed by atoms with van der Waals surface area (Å²) >= 11 is 1.45. The number of hydrogen-bond donors (Lipinski definition) is 2. The Morgan fingerprint density at radius 1 is 1.57 bits per heavy atom. The number of hydrogen-bond acceptors (Lipinski definition) is 5. The van der Waals surface area contributed by atoms with E-state index >= 15 is 0 Å². The van der Waals surface area contributed by atoms with Crippen LogP contribution in [-0.4, -0.2) is 41.4 Å². The predicted octanol–water partition coefficient (Wildman–Crippen LogP) is 1.51. The summed E-state index contributed by atoms with van der Waals surface area (Å²) < 4.78 is 6.66. The number of fused-ring (bicyclic) bond motifs is 3. The molecule has 0 radical (unpaired) electrons. The first-order valence-electron chi connectivity index (χ1n) is 6.95. The van der Waals surface area contributed by atoms with E-state index in [4.69, 9.17) is 4.74 Å². The maximum atomic E-state index is 12.1. The zero-order valence-electron chi connectivity index (χ0n) is 11.5. The Morgan fingerprint density at radius 3 is 3.24 bits per heavy atom. The molecule has 0 aliphatic carbocycles. The fourth-order valence-corrected chi connectivity index (χ4v) is 3.95. The molecule has 6 nitrogen and oxygen atoms in total. The van der Waals surface area contributed by atoms with Gasteiger partial charge in [-0.1, -0.05) is 17.4 Å². The number of thiazole rings is 1. The smallest absolute Gasteiger partial charge is 0.324 e. The summed E-state index contributed by atoms with van der Waals surface area (Å²) in [5.74, 6) is 0.836. The van der Waals surface area contributed by atoms with Crippen molar-refractivity contribution >= 4 is 32.7 Å². The molecule has 110 valence electrons. The number of carbonyl (C=O) groups is 1. The number of aliphatic hydroxyl groups is 1. The van der Waals surface area contributed by atoms with Crippen molar-refractivity contribution in [3.8, 4) is 5.75 Å². The summed E-state index contributed by atoms with van der Waals surface area (Å²) in [6, 6.07) is 3.49. The quantitative estimate of drug-likeness (QED) is 0.882. The van der Waals surface area contributed by atoms with Gasteiger partial charge in [-0.05, 0) is 18.6 Å². The monoisotopic (exact) mass is 305 g/mol. The lowest BCUT2D eigenvalue weighted by Crippen LogP contribution is -2.38. The van der Waals surface area contributed by atoms with Gasteiger partial charge in [-0.3, -0.25) is 4.90 Å². The third kappa shape index (κ3) is 1.81. The van der Waals surface area contributed by atoms with Gasteiger partial charge in [0.15, 0.2) is 5.13 Å². The Kier molecular flexibility index (Phi) is 2.80. The molecule has 2 aromatic rings. The minimum atomic E-state index is -0.285. The van der Waals surface area contributed by atoms with Crippen molar-refractivity contribution in [2.45, 2.75) is 25.4 Å². The van der Waals surface area contributed by atoms with Crippen LogP contribution in [-0.2, 0) is 6.42 Å². The Labute approximate surface area is 125 Å². The number of aliphatic hydroxyl groups excluding tert-OH is 1. The summed E-state index contributed by atoms with van der Waals surface area (Å²) in [4.78, 5) is 18.3. The van der Waals surface area contributed by atoms with Crippen LogP contribution in [0.4, 0.5) is 9.93 Å². The number of benzene rings is 1. The molecule has 2 aliphatic heterocycles. The van der Waals surface area contributed by atoms with Gasteiger partial charge >= 0.3 is 6.03 Å². The van der Waals surface area contributed by atoms with Gasteiger partial charge in [0, 0.05) is 6.42 Å². The van der Waals surface area contributed by atoms with Gasteiger partial charge in [-0.2, -0.15) is 0 Å². The van der Waals surface area contributed by atoms with Crippen molar-refractivity contribution < 1.29 is 14.6 Å². The highest BCUT2D eigenvalue weighted by Gasteiger charge is 2.39. The number of urea groups is 1. The van der Waals surface area contributed by atoms with Gasteiger partial charge in [0.1, 0.15) is 11.3 Å². The zero-order chi connectivity index (χ0) is 14.6. The SMILES string of the molecule is C[C@@H]1NC(=O)N(c2nc3c4c(ccc3s2)CCO4)[C@@H]1CO. The fraction of sp³-hybridized carbons (Fsp3) is 0.429. The lowest BCUT2D eigenvalue weighted by Gasteiger charge is -2.20. The molecule has 1 aromatic heterocycles. The molecule has 2 aliphatic rings. The second-order valence-electron chi connectivity index (χ2n) is 5.35. The number of rotatable bonds is 2. The fourth-order valence-electron chi connectivity index (χ4n) is 2.93. The van der Waals surface area contributed by atoms with Gasteiger partial charge < -0.3 is 15.2 Å². The van der Waals surface area contributed by atoms with Crippen LogP contribution in [0.3, 0.4) is 0 Å². The van der Waals surface area contributed by atoms with E-state index in [1.165, 1.54) is 11.3 Å². The molecule has 0 unspecified atom stereocenters. The molecule has 2 N–H and O–H groups in total. The highest BCUT2D eigenvalue weighted by molar-refractivity contribution is 7.22. The van der Waals surface area contributed by atoms with Gasteiger partial charge in [-0.25, -0.2) is 9.78 Å². The summed E-state index contributed by atoms with van der Waals surface area (Å²) in [7, 11) is 0.